The number of rotatable bonds is 8. The summed E-state index contributed by atoms with van der Waals surface area (Å²) in [5.41, 5.74) is 5.78. The molecule has 0 bridgehead atoms. The lowest BCUT2D eigenvalue weighted by atomic mass is 9.80. The van der Waals surface area contributed by atoms with Crippen LogP contribution in [-0.2, 0) is 17.6 Å². The number of hydrogen-bond donors (Lipinski definition) is 3. The molecule has 5 rings (SSSR count). The minimum atomic E-state index is -0.829. The Balaban J connectivity index is 0.000000178. The van der Waals surface area contributed by atoms with E-state index in [1.165, 1.54) is 22.5 Å². The number of anilines is 2. The highest BCUT2D eigenvalue weighted by atomic mass is 32.1. The molecule has 1 aliphatic heterocycles. The van der Waals surface area contributed by atoms with E-state index in [-0.39, 0.29) is 0 Å². The molecule has 38 heavy (non-hydrogen) atoms. The summed E-state index contributed by atoms with van der Waals surface area (Å²) in [6.45, 7) is 2.63. The molecule has 1 unspecified atom stereocenters. The van der Waals surface area contributed by atoms with Crippen LogP contribution in [0.1, 0.15) is 62.6 Å². The summed E-state index contributed by atoms with van der Waals surface area (Å²) in [6, 6.07) is 13.9. The predicted octanol–water partition coefficient (Wildman–Crippen LogP) is 6.11. The number of aryl methyl sites for hydroxylation is 1. The van der Waals surface area contributed by atoms with Gasteiger partial charge in [-0.3, -0.25) is 4.79 Å². The Morgan fingerprint density at radius 2 is 1.92 bits per heavy atom. The topological polar surface area (TPSA) is 96.9 Å². The summed E-state index contributed by atoms with van der Waals surface area (Å²) < 4.78 is 10.6. The molecule has 0 saturated carbocycles. The monoisotopic (exact) mass is 536 g/mol. The fraction of sp³-hybridized carbons (Fsp3) is 0.400. The van der Waals surface area contributed by atoms with Gasteiger partial charge in [-0.25, -0.2) is 4.79 Å². The zero-order valence-corrected chi connectivity index (χ0v) is 22.8. The summed E-state index contributed by atoms with van der Waals surface area (Å²) in [6.07, 6.45) is 6.02. The van der Waals surface area contributed by atoms with Gasteiger partial charge in [-0.1, -0.05) is 24.3 Å². The van der Waals surface area contributed by atoms with Crippen LogP contribution in [0.4, 0.5) is 10.7 Å². The highest BCUT2D eigenvalue weighted by molar-refractivity contribution is 7.14. The Morgan fingerprint density at radius 1 is 1.16 bits per heavy atom. The van der Waals surface area contributed by atoms with E-state index in [0.717, 1.165) is 74.4 Å². The first-order valence-corrected chi connectivity index (χ1v) is 14.0. The van der Waals surface area contributed by atoms with Crippen molar-refractivity contribution in [2.24, 2.45) is 5.92 Å². The van der Waals surface area contributed by atoms with Crippen LogP contribution in [0.25, 0.3) is 0 Å². The molecular formula is C30H36N2O5S. The van der Waals surface area contributed by atoms with Gasteiger partial charge in [0.25, 0.3) is 0 Å². The van der Waals surface area contributed by atoms with Gasteiger partial charge in [0, 0.05) is 32.4 Å². The number of aldehydes is 1. The SMILES string of the molecule is CNc1scc(C2CCc3ccccc3C2)c1C(=O)O.COc1cc(C=O)ccc1NCC1CCOCC1. The number of carboxylic acid groups (broad SMARTS) is 1. The number of ether oxygens (including phenoxy) is 2. The molecule has 1 saturated heterocycles. The third kappa shape index (κ3) is 6.74. The molecular weight excluding hydrogens is 500 g/mol. The molecule has 7 nitrogen and oxygen atoms in total. The molecule has 1 aromatic heterocycles. The number of fused-ring (bicyclic) bond motifs is 1. The average molecular weight is 537 g/mol. The lowest BCUT2D eigenvalue weighted by molar-refractivity contribution is 0.0694. The Morgan fingerprint density at radius 3 is 2.61 bits per heavy atom. The zero-order chi connectivity index (χ0) is 26.9. The quantitative estimate of drug-likeness (QED) is 0.299. The maximum atomic E-state index is 11.5. The van der Waals surface area contributed by atoms with Crippen molar-refractivity contribution in [2.75, 3.05) is 44.5 Å². The summed E-state index contributed by atoms with van der Waals surface area (Å²) in [4.78, 5) is 22.2. The fourth-order valence-electron chi connectivity index (χ4n) is 5.17. The molecule has 0 amide bonds. The zero-order valence-electron chi connectivity index (χ0n) is 22.0. The van der Waals surface area contributed by atoms with Crippen molar-refractivity contribution < 1.29 is 24.2 Å². The Kier molecular flexibility index (Phi) is 9.79. The highest BCUT2D eigenvalue weighted by Gasteiger charge is 2.27. The number of carbonyl (C=O) groups is 2. The van der Waals surface area contributed by atoms with Gasteiger partial charge in [0.1, 0.15) is 17.0 Å². The van der Waals surface area contributed by atoms with Gasteiger partial charge < -0.3 is 25.2 Å². The lowest BCUT2D eigenvalue weighted by Gasteiger charge is -2.24. The first-order valence-electron chi connectivity index (χ1n) is 13.1. The number of methoxy groups -OCH3 is 1. The molecule has 0 radical (unpaired) electrons. The first-order chi connectivity index (χ1) is 18.5. The number of aromatic carboxylic acids is 1. The van der Waals surface area contributed by atoms with Crippen LogP contribution in [0.15, 0.2) is 47.8 Å². The van der Waals surface area contributed by atoms with Crippen LogP contribution < -0.4 is 15.4 Å². The third-order valence-corrected chi connectivity index (χ3v) is 8.35. The van der Waals surface area contributed by atoms with Crippen molar-refractivity contribution in [3.05, 3.63) is 75.7 Å². The lowest BCUT2D eigenvalue weighted by Crippen LogP contribution is -2.22. The van der Waals surface area contributed by atoms with Gasteiger partial charge in [0.05, 0.1) is 18.4 Å². The van der Waals surface area contributed by atoms with Gasteiger partial charge >= 0.3 is 5.97 Å². The normalized spacial score (nSPS) is 16.9. The second kappa shape index (κ2) is 13.4. The summed E-state index contributed by atoms with van der Waals surface area (Å²) in [5, 5.41) is 18.6. The number of nitrogens with one attached hydrogen (secondary N) is 2. The highest BCUT2D eigenvalue weighted by Crippen LogP contribution is 2.39. The molecule has 3 aromatic rings. The van der Waals surface area contributed by atoms with Crippen molar-refractivity contribution in [3.63, 3.8) is 0 Å². The van der Waals surface area contributed by atoms with E-state index in [4.69, 9.17) is 9.47 Å². The van der Waals surface area contributed by atoms with E-state index >= 15 is 0 Å². The van der Waals surface area contributed by atoms with Crippen LogP contribution in [-0.4, -0.2) is 51.3 Å². The van der Waals surface area contributed by atoms with Crippen LogP contribution in [0.3, 0.4) is 0 Å². The van der Waals surface area contributed by atoms with Gasteiger partial charge in [0.15, 0.2) is 0 Å². The Bertz CT molecular complexity index is 1240. The van der Waals surface area contributed by atoms with Crippen LogP contribution in [0.2, 0.25) is 0 Å². The van der Waals surface area contributed by atoms with Gasteiger partial charge in [-0.15, -0.1) is 11.3 Å². The fourth-order valence-corrected chi connectivity index (χ4v) is 6.17. The average Bonchev–Trinajstić information content (AvgIpc) is 3.41. The number of carbonyl (C=O) groups excluding carboxylic acids is 1. The maximum Gasteiger partial charge on any atom is 0.338 e. The van der Waals surface area contributed by atoms with E-state index in [2.05, 4.69) is 34.9 Å². The molecule has 8 heteroatoms. The molecule has 1 fully saturated rings. The molecule has 2 heterocycles. The van der Waals surface area contributed by atoms with Crippen LogP contribution in [0, 0.1) is 5.92 Å². The standard InChI is InChI=1S/C16H17NO2S.C14H19NO3/c1-17-15-14(16(18)19)13(9-20-15)12-7-6-10-4-2-3-5-11(10)8-12;1-17-14-8-12(10-16)2-3-13(14)15-9-11-4-6-18-7-5-11/h2-5,9,12,17H,6-8H2,1H3,(H,18,19);2-3,8,10-11,15H,4-7,9H2,1H3. The van der Waals surface area contributed by atoms with Crippen LogP contribution >= 0.6 is 11.3 Å². The van der Waals surface area contributed by atoms with Crippen molar-refractivity contribution in [2.45, 2.75) is 38.0 Å². The molecule has 1 aliphatic carbocycles. The van der Waals surface area contributed by atoms with Crippen LogP contribution in [0.5, 0.6) is 5.75 Å². The smallest absolute Gasteiger partial charge is 0.338 e. The first kappa shape index (κ1) is 27.7. The summed E-state index contributed by atoms with van der Waals surface area (Å²) >= 11 is 1.49. The summed E-state index contributed by atoms with van der Waals surface area (Å²) in [7, 11) is 3.39. The number of hydrogen-bond acceptors (Lipinski definition) is 7. The Hall–Kier alpha value is -3.36. The molecule has 2 aromatic carbocycles. The second-order valence-corrected chi connectivity index (χ2v) is 10.6. The summed E-state index contributed by atoms with van der Waals surface area (Å²) in [5.74, 6) is 0.847. The number of benzene rings is 2. The number of carboxylic acids is 1. The van der Waals surface area contributed by atoms with E-state index in [0.29, 0.717) is 28.7 Å². The molecule has 0 spiro atoms. The van der Waals surface area contributed by atoms with Crippen molar-refractivity contribution in [3.8, 4) is 5.75 Å². The van der Waals surface area contributed by atoms with Gasteiger partial charge in [-0.2, -0.15) is 0 Å². The molecule has 3 N–H and O–H groups in total. The largest absolute Gasteiger partial charge is 0.495 e. The molecule has 2 aliphatic rings. The van der Waals surface area contributed by atoms with E-state index in [1.54, 1.807) is 26.3 Å². The van der Waals surface area contributed by atoms with Gasteiger partial charge in [-0.05, 0) is 84.2 Å². The number of thiophene rings is 1. The Labute approximate surface area is 228 Å². The minimum Gasteiger partial charge on any atom is -0.495 e. The minimum absolute atomic E-state index is 0.314. The van der Waals surface area contributed by atoms with Crippen molar-refractivity contribution in [1.29, 1.82) is 0 Å². The second-order valence-electron chi connectivity index (χ2n) is 9.67. The predicted molar refractivity (Wildman–Crippen MR) is 152 cm³/mol. The van der Waals surface area contributed by atoms with Crippen molar-refractivity contribution in [1.82, 2.24) is 0 Å². The van der Waals surface area contributed by atoms with Crippen molar-refractivity contribution >= 4 is 34.3 Å². The third-order valence-electron chi connectivity index (χ3n) is 7.33. The van der Waals surface area contributed by atoms with E-state index < -0.39 is 5.97 Å². The van der Waals surface area contributed by atoms with E-state index in [9.17, 15) is 14.7 Å². The molecule has 202 valence electrons. The molecule has 1 atom stereocenters. The van der Waals surface area contributed by atoms with E-state index in [1.807, 2.05) is 11.4 Å². The van der Waals surface area contributed by atoms with Gasteiger partial charge in [0.2, 0.25) is 0 Å². The maximum absolute atomic E-state index is 11.5.